The molecular weight excluding hydrogens is 359 g/mol. The van der Waals surface area contributed by atoms with Crippen molar-refractivity contribution >= 4 is 27.5 Å². The lowest BCUT2D eigenvalue weighted by Gasteiger charge is -2.15. The van der Waals surface area contributed by atoms with E-state index < -0.39 is 11.2 Å². The summed E-state index contributed by atoms with van der Waals surface area (Å²) >= 11 is 10.0. The quantitative estimate of drug-likeness (QED) is 0.717. The molecule has 0 saturated heterocycles. The number of alkyl halides is 1. The summed E-state index contributed by atoms with van der Waals surface area (Å²) in [5, 5.41) is -0.477. The first-order chi connectivity index (χ1) is 10.1. The number of ether oxygens (including phenoxy) is 2. The zero-order valence-electron chi connectivity index (χ0n) is 11.3. The van der Waals surface area contributed by atoms with E-state index in [1.807, 2.05) is 12.1 Å². The molecular formula is C16H13BrClFO2. The van der Waals surface area contributed by atoms with Crippen LogP contribution >= 0.6 is 27.5 Å². The van der Waals surface area contributed by atoms with Crippen molar-refractivity contribution in [1.29, 1.82) is 0 Å². The first-order valence-corrected chi connectivity index (χ1v) is 7.75. The minimum Gasteiger partial charge on any atom is -0.494 e. The maximum Gasteiger partial charge on any atom is 0.165 e. The molecule has 0 N–H and O–H groups in total. The van der Waals surface area contributed by atoms with Gasteiger partial charge >= 0.3 is 0 Å². The predicted molar refractivity (Wildman–Crippen MR) is 84.0 cm³/mol. The van der Waals surface area contributed by atoms with Gasteiger partial charge in [-0.2, -0.15) is 0 Å². The van der Waals surface area contributed by atoms with Crippen LogP contribution in [0.2, 0.25) is 0 Å². The third kappa shape index (κ3) is 2.74. The van der Waals surface area contributed by atoms with Crippen LogP contribution in [0.4, 0.5) is 4.39 Å². The van der Waals surface area contributed by atoms with Crippen molar-refractivity contribution in [3.8, 4) is 11.5 Å². The molecule has 1 heterocycles. The van der Waals surface area contributed by atoms with Crippen LogP contribution in [0.15, 0.2) is 34.8 Å². The molecule has 1 atom stereocenters. The van der Waals surface area contributed by atoms with E-state index in [9.17, 15) is 4.39 Å². The maximum absolute atomic E-state index is 13.9. The van der Waals surface area contributed by atoms with Crippen LogP contribution in [-0.4, -0.2) is 13.7 Å². The van der Waals surface area contributed by atoms with E-state index in [0.717, 1.165) is 27.8 Å². The highest BCUT2D eigenvalue weighted by Crippen LogP contribution is 2.42. The van der Waals surface area contributed by atoms with Gasteiger partial charge in [0.05, 0.1) is 19.1 Å². The van der Waals surface area contributed by atoms with Crippen LogP contribution in [0.3, 0.4) is 0 Å². The van der Waals surface area contributed by atoms with Crippen molar-refractivity contribution in [2.75, 3.05) is 13.7 Å². The Morgan fingerprint density at radius 3 is 2.86 bits per heavy atom. The Kier molecular flexibility index (Phi) is 4.09. The smallest absolute Gasteiger partial charge is 0.165 e. The molecule has 0 amide bonds. The van der Waals surface area contributed by atoms with Gasteiger partial charge in [-0.15, -0.1) is 11.6 Å². The summed E-state index contributed by atoms with van der Waals surface area (Å²) in [5.41, 5.74) is 2.65. The molecule has 2 aromatic rings. The van der Waals surface area contributed by atoms with Crippen LogP contribution in [0, 0.1) is 5.82 Å². The van der Waals surface area contributed by atoms with Crippen molar-refractivity contribution in [2.45, 2.75) is 11.8 Å². The monoisotopic (exact) mass is 370 g/mol. The van der Waals surface area contributed by atoms with E-state index in [2.05, 4.69) is 15.9 Å². The molecule has 0 bridgehead atoms. The topological polar surface area (TPSA) is 18.5 Å². The van der Waals surface area contributed by atoms with Crippen LogP contribution in [0.1, 0.15) is 22.1 Å². The van der Waals surface area contributed by atoms with Crippen LogP contribution in [0.5, 0.6) is 11.5 Å². The van der Waals surface area contributed by atoms with Gasteiger partial charge in [0.15, 0.2) is 11.6 Å². The lowest BCUT2D eigenvalue weighted by Crippen LogP contribution is -1.99. The SMILES string of the molecule is COc1ccc(C(Cl)c2cc(Br)cc3c2OCC3)cc1F. The molecule has 0 fully saturated rings. The molecule has 0 aliphatic carbocycles. The average molecular weight is 372 g/mol. The van der Waals surface area contributed by atoms with Crippen molar-refractivity contribution in [1.82, 2.24) is 0 Å². The van der Waals surface area contributed by atoms with E-state index >= 15 is 0 Å². The van der Waals surface area contributed by atoms with E-state index in [0.29, 0.717) is 12.2 Å². The third-order valence-corrected chi connectivity index (χ3v) is 4.46. The molecule has 0 spiro atoms. The van der Waals surface area contributed by atoms with E-state index in [1.165, 1.54) is 13.2 Å². The summed E-state index contributed by atoms with van der Waals surface area (Å²) in [6.07, 6.45) is 0.863. The Labute approximate surface area is 136 Å². The molecule has 3 rings (SSSR count). The number of hydrogen-bond donors (Lipinski definition) is 0. The molecule has 1 unspecified atom stereocenters. The highest BCUT2D eigenvalue weighted by molar-refractivity contribution is 9.10. The van der Waals surface area contributed by atoms with Crippen molar-refractivity contribution in [2.24, 2.45) is 0 Å². The van der Waals surface area contributed by atoms with Crippen LogP contribution < -0.4 is 9.47 Å². The normalized spacial score (nSPS) is 14.5. The Morgan fingerprint density at radius 2 is 2.14 bits per heavy atom. The van der Waals surface area contributed by atoms with E-state index in [4.69, 9.17) is 21.1 Å². The summed E-state index contributed by atoms with van der Waals surface area (Å²) < 4.78 is 25.4. The van der Waals surface area contributed by atoms with Crippen LogP contribution in [-0.2, 0) is 6.42 Å². The molecule has 1 aliphatic heterocycles. The molecule has 110 valence electrons. The predicted octanol–water partition coefficient (Wildman–Crippen LogP) is 4.86. The summed E-state index contributed by atoms with van der Waals surface area (Å²) in [5.74, 6) is 0.598. The van der Waals surface area contributed by atoms with Gasteiger partial charge in [0, 0.05) is 16.5 Å². The molecule has 21 heavy (non-hydrogen) atoms. The number of benzene rings is 2. The molecule has 5 heteroatoms. The number of hydrogen-bond acceptors (Lipinski definition) is 2. The first-order valence-electron chi connectivity index (χ1n) is 6.52. The van der Waals surface area contributed by atoms with Gasteiger partial charge < -0.3 is 9.47 Å². The zero-order valence-corrected chi connectivity index (χ0v) is 13.7. The fraction of sp³-hybridized carbons (Fsp3) is 0.250. The molecule has 2 aromatic carbocycles. The van der Waals surface area contributed by atoms with Gasteiger partial charge in [0.2, 0.25) is 0 Å². The minimum absolute atomic E-state index is 0.207. The lowest BCUT2D eigenvalue weighted by molar-refractivity contribution is 0.353. The van der Waals surface area contributed by atoms with Crippen molar-refractivity contribution < 1.29 is 13.9 Å². The Balaban J connectivity index is 2.03. The van der Waals surface area contributed by atoms with E-state index in [-0.39, 0.29) is 5.75 Å². The standard InChI is InChI=1S/C16H13BrClFO2/c1-20-14-3-2-9(7-13(14)19)15(18)12-8-11(17)6-10-4-5-21-16(10)12/h2-3,6-8,15H,4-5H2,1H3. The first kappa shape index (κ1) is 14.7. The number of halogens is 3. The van der Waals surface area contributed by atoms with Gasteiger partial charge in [0.25, 0.3) is 0 Å². The van der Waals surface area contributed by atoms with Gasteiger partial charge in [-0.1, -0.05) is 22.0 Å². The number of methoxy groups -OCH3 is 1. The zero-order chi connectivity index (χ0) is 15.0. The van der Waals surface area contributed by atoms with Gasteiger partial charge in [-0.3, -0.25) is 0 Å². The molecule has 1 aliphatic rings. The highest BCUT2D eigenvalue weighted by atomic mass is 79.9. The van der Waals surface area contributed by atoms with Crippen molar-refractivity contribution in [3.63, 3.8) is 0 Å². The lowest BCUT2D eigenvalue weighted by atomic mass is 10.0. The fourth-order valence-corrected chi connectivity index (χ4v) is 3.33. The van der Waals surface area contributed by atoms with Crippen LogP contribution in [0.25, 0.3) is 0 Å². The summed E-state index contributed by atoms with van der Waals surface area (Å²) in [7, 11) is 1.44. The summed E-state index contributed by atoms with van der Waals surface area (Å²) in [6, 6.07) is 8.70. The molecule has 0 aromatic heterocycles. The largest absolute Gasteiger partial charge is 0.494 e. The Hall–Kier alpha value is -1.26. The molecule has 0 radical (unpaired) electrons. The highest BCUT2D eigenvalue weighted by Gasteiger charge is 2.23. The second-order valence-electron chi connectivity index (χ2n) is 4.84. The number of rotatable bonds is 3. The Bertz CT molecular complexity index is 690. The van der Waals surface area contributed by atoms with Crippen molar-refractivity contribution in [3.05, 3.63) is 57.3 Å². The second-order valence-corrected chi connectivity index (χ2v) is 6.19. The van der Waals surface area contributed by atoms with Gasteiger partial charge in [0.1, 0.15) is 5.75 Å². The van der Waals surface area contributed by atoms with Gasteiger partial charge in [-0.05, 0) is 35.4 Å². The molecule has 2 nitrogen and oxygen atoms in total. The summed E-state index contributed by atoms with van der Waals surface area (Å²) in [6.45, 7) is 0.652. The second kappa shape index (κ2) is 5.85. The molecule has 0 saturated carbocycles. The minimum atomic E-state index is -0.477. The summed E-state index contributed by atoms with van der Waals surface area (Å²) in [4.78, 5) is 0. The maximum atomic E-state index is 13.9. The fourth-order valence-electron chi connectivity index (χ4n) is 2.51. The van der Waals surface area contributed by atoms with Gasteiger partial charge in [-0.25, -0.2) is 4.39 Å². The average Bonchev–Trinajstić information content (AvgIpc) is 2.93. The van der Waals surface area contributed by atoms with E-state index in [1.54, 1.807) is 12.1 Å². The Morgan fingerprint density at radius 1 is 1.33 bits per heavy atom. The number of fused-ring (bicyclic) bond motifs is 1. The third-order valence-electron chi connectivity index (χ3n) is 3.52.